The van der Waals surface area contributed by atoms with Gasteiger partial charge in [-0.05, 0) is 30.7 Å². The maximum absolute atomic E-state index is 11.7. The Morgan fingerprint density at radius 1 is 1.11 bits per heavy atom. The normalized spacial score (nSPS) is 13.7. The molecule has 1 saturated heterocycles. The largest absolute Gasteiger partial charge is 0.550 e. The first-order valence-electron chi connectivity index (χ1n) is 8.23. The smallest absolute Gasteiger partial charge is 0.264 e. The number of rotatable bonds is 6. The third kappa shape index (κ3) is 9.68. The second-order valence-corrected chi connectivity index (χ2v) is 7.27. The Labute approximate surface area is 157 Å². The van der Waals surface area contributed by atoms with Crippen molar-refractivity contribution in [3.63, 3.8) is 0 Å². The molecule has 4 N–H and O–H groups in total. The number of carbonyl (C=O) groups excluding carboxylic acids is 3. The summed E-state index contributed by atoms with van der Waals surface area (Å²) in [4.78, 5) is 32.2. The highest BCUT2D eigenvalue weighted by molar-refractivity contribution is 7.90. The molecule has 1 fully saturated rings. The molecule has 11 heteroatoms. The highest BCUT2D eigenvalue weighted by atomic mass is 32.2. The van der Waals surface area contributed by atoms with Crippen molar-refractivity contribution >= 4 is 33.5 Å². The number of carbonyl (C=O) groups is 3. The van der Waals surface area contributed by atoms with Gasteiger partial charge in [0.25, 0.3) is 10.0 Å². The van der Waals surface area contributed by atoms with Crippen molar-refractivity contribution in [3.8, 4) is 0 Å². The summed E-state index contributed by atoms with van der Waals surface area (Å²) in [5, 5.41) is 14.9. The lowest BCUT2D eigenvalue weighted by atomic mass is 10.2. The van der Waals surface area contributed by atoms with Crippen LogP contribution in [0.25, 0.3) is 0 Å². The number of hydrogen-bond acceptors (Lipinski definition) is 7. The van der Waals surface area contributed by atoms with E-state index >= 15 is 0 Å². The molecule has 1 aliphatic rings. The van der Waals surface area contributed by atoms with E-state index in [1.54, 1.807) is 4.72 Å². The summed E-state index contributed by atoms with van der Waals surface area (Å²) < 4.78 is 30.2. The Hall–Kier alpha value is -2.50. The van der Waals surface area contributed by atoms with Gasteiger partial charge in [0.05, 0.1) is 31.2 Å². The van der Waals surface area contributed by atoms with Gasteiger partial charge in [-0.25, -0.2) is 13.1 Å². The Kier molecular flexibility index (Phi) is 9.40. The first kappa shape index (κ1) is 22.5. The maximum Gasteiger partial charge on any atom is 0.264 e. The molecule has 0 aromatic heterocycles. The molecule has 0 saturated carbocycles. The van der Waals surface area contributed by atoms with Crippen molar-refractivity contribution in [2.45, 2.75) is 24.7 Å². The Morgan fingerprint density at radius 2 is 1.70 bits per heavy atom. The minimum absolute atomic E-state index is 0.134. The molecule has 0 radical (unpaired) electrons. The van der Waals surface area contributed by atoms with Crippen molar-refractivity contribution < 1.29 is 38.0 Å². The zero-order valence-electron chi connectivity index (χ0n) is 14.9. The summed E-state index contributed by atoms with van der Waals surface area (Å²) in [6, 6.07) is 5.07. The standard InChI is InChI=1S/C12H14N2O6S.C4H9NO/c1-8(15)14-21(19,20)10-4-2-9(3-5-10)13-11(16)6-7-12(17)18;1-3-6-4-2-5-1/h2-5H,6-7H2,1H3,(H,13,16)(H,14,15)(H,17,18);5H,1-4H2. The quantitative estimate of drug-likeness (QED) is 0.477. The predicted octanol–water partition coefficient (Wildman–Crippen LogP) is -2.44. The molecule has 0 aliphatic carbocycles. The molecule has 0 unspecified atom stereocenters. The molecule has 150 valence electrons. The van der Waals surface area contributed by atoms with E-state index in [2.05, 4.69) is 10.6 Å². The average molecular weight is 401 g/mol. The number of nitrogens with one attached hydrogen (secondary N) is 2. The van der Waals surface area contributed by atoms with Crippen LogP contribution in [0.15, 0.2) is 29.2 Å². The minimum Gasteiger partial charge on any atom is -0.550 e. The van der Waals surface area contributed by atoms with Crippen LogP contribution in [0.1, 0.15) is 19.8 Å². The number of anilines is 1. The molecule has 2 amide bonds. The van der Waals surface area contributed by atoms with E-state index in [1.165, 1.54) is 24.3 Å². The molecular formula is C16H23N3O7S. The van der Waals surface area contributed by atoms with Gasteiger partial charge < -0.3 is 25.3 Å². The highest BCUT2D eigenvalue weighted by Gasteiger charge is 2.15. The van der Waals surface area contributed by atoms with Gasteiger partial charge in [0.1, 0.15) is 0 Å². The van der Waals surface area contributed by atoms with Crippen LogP contribution in [0.3, 0.4) is 0 Å². The van der Waals surface area contributed by atoms with Gasteiger partial charge in [-0.2, -0.15) is 0 Å². The van der Waals surface area contributed by atoms with Crippen molar-refractivity contribution in [1.82, 2.24) is 4.72 Å². The summed E-state index contributed by atoms with van der Waals surface area (Å²) in [6.07, 6.45) is -0.644. The summed E-state index contributed by atoms with van der Waals surface area (Å²) in [5.74, 6) is -2.58. The fourth-order valence-corrected chi connectivity index (χ4v) is 2.98. The van der Waals surface area contributed by atoms with Crippen LogP contribution in [0.4, 0.5) is 5.69 Å². The number of morpholine rings is 1. The third-order valence-corrected chi connectivity index (χ3v) is 4.66. The SMILES string of the molecule is C1COCC[NH2+]1.CC(=O)NS(=O)(=O)c1ccc(NC(=O)CCC(=O)[O-])cc1. The fraction of sp³-hybridized carbons (Fsp3) is 0.438. The second kappa shape index (κ2) is 11.3. The number of carboxylic acids is 1. The number of quaternary nitrogens is 1. The number of benzene rings is 1. The lowest BCUT2D eigenvalue weighted by molar-refractivity contribution is -0.670. The fourth-order valence-electron chi connectivity index (χ4n) is 1.98. The number of amides is 2. The lowest BCUT2D eigenvalue weighted by Gasteiger charge is -2.08. The molecule has 1 aliphatic heterocycles. The van der Waals surface area contributed by atoms with E-state index in [-0.39, 0.29) is 11.3 Å². The van der Waals surface area contributed by atoms with Crippen LogP contribution < -0.4 is 20.5 Å². The Balaban J connectivity index is 0.000000511. The van der Waals surface area contributed by atoms with Gasteiger partial charge in [-0.15, -0.1) is 0 Å². The monoisotopic (exact) mass is 401 g/mol. The number of nitrogens with two attached hydrogens (primary N) is 1. The van der Waals surface area contributed by atoms with Gasteiger partial charge in [0.2, 0.25) is 11.8 Å². The van der Waals surface area contributed by atoms with Gasteiger partial charge >= 0.3 is 0 Å². The molecule has 27 heavy (non-hydrogen) atoms. The summed E-state index contributed by atoms with van der Waals surface area (Å²) in [5.41, 5.74) is 0.306. The van der Waals surface area contributed by atoms with Crippen LogP contribution in [0.5, 0.6) is 0 Å². The first-order valence-corrected chi connectivity index (χ1v) is 9.71. The van der Waals surface area contributed by atoms with Crippen LogP contribution in [-0.4, -0.2) is 52.5 Å². The van der Waals surface area contributed by atoms with Crippen LogP contribution in [0, 0.1) is 0 Å². The number of aliphatic carboxylic acids is 1. The van der Waals surface area contributed by atoms with Crippen molar-refractivity contribution in [3.05, 3.63) is 24.3 Å². The first-order chi connectivity index (χ1) is 12.7. The molecule has 1 aromatic carbocycles. The van der Waals surface area contributed by atoms with E-state index in [0.29, 0.717) is 5.69 Å². The van der Waals surface area contributed by atoms with Crippen LogP contribution in [0.2, 0.25) is 0 Å². The molecule has 1 aromatic rings. The molecule has 0 bridgehead atoms. The van der Waals surface area contributed by atoms with Crippen molar-refractivity contribution in [2.75, 3.05) is 31.6 Å². The van der Waals surface area contributed by atoms with E-state index in [1.807, 2.05) is 0 Å². The Bertz CT molecular complexity index is 732. The van der Waals surface area contributed by atoms with Gasteiger partial charge in [-0.1, -0.05) is 0 Å². The third-order valence-electron chi connectivity index (χ3n) is 3.22. The van der Waals surface area contributed by atoms with Crippen molar-refractivity contribution in [2.24, 2.45) is 0 Å². The Morgan fingerprint density at radius 3 is 2.11 bits per heavy atom. The zero-order valence-corrected chi connectivity index (χ0v) is 15.7. The molecule has 2 rings (SSSR count). The summed E-state index contributed by atoms with van der Waals surface area (Å²) in [6.45, 7) is 5.27. The summed E-state index contributed by atoms with van der Waals surface area (Å²) >= 11 is 0. The zero-order chi connectivity index (χ0) is 20.3. The number of hydrogen-bond donors (Lipinski definition) is 3. The van der Waals surface area contributed by atoms with E-state index in [9.17, 15) is 27.9 Å². The topological polar surface area (TPSA) is 158 Å². The van der Waals surface area contributed by atoms with Crippen LogP contribution >= 0.6 is 0 Å². The number of carboxylic acid groups (broad SMARTS) is 1. The molecule has 0 spiro atoms. The minimum atomic E-state index is -3.92. The molecule has 0 atom stereocenters. The predicted molar refractivity (Wildman–Crippen MR) is 92.8 cm³/mol. The highest BCUT2D eigenvalue weighted by Crippen LogP contribution is 2.14. The maximum atomic E-state index is 11.7. The average Bonchev–Trinajstić information content (AvgIpc) is 2.61. The number of ether oxygens (including phenoxy) is 1. The second-order valence-electron chi connectivity index (χ2n) is 5.58. The molecular weight excluding hydrogens is 378 g/mol. The van der Waals surface area contributed by atoms with E-state index in [0.717, 1.165) is 33.2 Å². The number of sulfonamides is 1. The lowest BCUT2D eigenvalue weighted by Crippen LogP contribution is -2.87. The molecule has 10 nitrogen and oxygen atoms in total. The van der Waals surface area contributed by atoms with E-state index in [4.69, 9.17) is 4.74 Å². The van der Waals surface area contributed by atoms with E-state index < -0.39 is 34.2 Å². The molecule has 1 heterocycles. The summed E-state index contributed by atoms with van der Waals surface area (Å²) in [7, 11) is -3.92. The van der Waals surface area contributed by atoms with Gasteiger partial charge in [0.15, 0.2) is 0 Å². The van der Waals surface area contributed by atoms with Crippen molar-refractivity contribution in [1.29, 1.82) is 0 Å². The van der Waals surface area contributed by atoms with Gasteiger partial charge in [0, 0.05) is 25.0 Å². The van der Waals surface area contributed by atoms with Crippen LogP contribution in [-0.2, 0) is 29.1 Å². The van der Waals surface area contributed by atoms with Gasteiger partial charge in [-0.3, -0.25) is 9.59 Å².